The van der Waals surface area contributed by atoms with Crippen molar-refractivity contribution in [2.75, 3.05) is 32.8 Å². The monoisotopic (exact) mass is 212 g/mol. The number of rotatable bonds is 4. The number of nitrogens with zero attached hydrogens (tertiary/aromatic N) is 1. The van der Waals surface area contributed by atoms with Crippen LogP contribution in [0.2, 0.25) is 0 Å². The molecule has 0 aliphatic carbocycles. The molecule has 15 heavy (non-hydrogen) atoms. The molecule has 0 aromatic rings. The Morgan fingerprint density at radius 3 is 2.73 bits per heavy atom. The number of likely N-dealkylation sites (tertiary alicyclic amines) is 1. The molecule has 0 amide bonds. The van der Waals surface area contributed by atoms with Crippen LogP contribution in [0.25, 0.3) is 0 Å². The third kappa shape index (κ3) is 3.16. The Morgan fingerprint density at radius 1 is 1.20 bits per heavy atom. The van der Waals surface area contributed by atoms with Crippen LogP contribution in [0.5, 0.6) is 0 Å². The summed E-state index contributed by atoms with van der Waals surface area (Å²) in [6, 6.07) is 0.734. The van der Waals surface area contributed by atoms with Gasteiger partial charge in [-0.2, -0.15) is 0 Å². The molecule has 2 aliphatic heterocycles. The van der Waals surface area contributed by atoms with Crippen LogP contribution in [-0.4, -0.2) is 43.8 Å². The predicted molar refractivity (Wildman–Crippen MR) is 61.8 cm³/mol. The largest absolute Gasteiger partial charge is 0.378 e. The molecule has 0 bridgehead atoms. The van der Waals surface area contributed by atoms with Gasteiger partial charge in [0, 0.05) is 0 Å². The highest BCUT2D eigenvalue weighted by molar-refractivity contribution is 4.80. The first-order valence-corrected chi connectivity index (χ1v) is 6.42. The molecule has 0 saturated carbocycles. The van der Waals surface area contributed by atoms with E-state index in [1.165, 1.54) is 45.2 Å². The molecular weight excluding hydrogens is 188 g/mol. The number of nitrogens with two attached hydrogens (primary N) is 1. The standard InChI is InChI=1S/C12H24N2O/c13-6-1-3-11-4-2-7-14(8-5-11)12-9-15-10-12/h11-12H,1-10,13H2. The summed E-state index contributed by atoms with van der Waals surface area (Å²) in [6.45, 7) is 5.36. The summed E-state index contributed by atoms with van der Waals surface area (Å²) < 4.78 is 5.26. The van der Waals surface area contributed by atoms with E-state index in [1.807, 2.05) is 0 Å². The first-order chi connectivity index (χ1) is 7.40. The molecule has 3 heteroatoms. The SMILES string of the molecule is NCCCC1CCCN(C2COC2)CC1. The second-order valence-corrected chi connectivity index (χ2v) is 4.96. The summed E-state index contributed by atoms with van der Waals surface area (Å²) in [6.07, 6.45) is 6.69. The normalized spacial score (nSPS) is 29.8. The summed E-state index contributed by atoms with van der Waals surface area (Å²) in [5.74, 6) is 0.930. The van der Waals surface area contributed by atoms with Gasteiger partial charge < -0.3 is 10.5 Å². The highest BCUT2D eigenvalue weighted by atomic mass is 16.5. The van der Waals surface area contributed by atoms with Crippen molar-refractivity contribution in [1.29, 1.82) is 0 Å². The van der Waals surface area contributed by atoms with Crippen molar-refractivity contribution in [3.63, 3.8) is 0 Å². The first kappa shape index (κ1) is 11.4. The quantitative estimate of drug-likeness (QED) is 0.761. The van der Waals surface area contributed by atoms with Crippen LogP contribution in [0.1, 0.15) is 32.1 Å². The maximum atomic E-state index is 5.56. The van der Waals surface area contributed by atoms with Crippen LogP contribution in [0.15, 0.2) is 0 Å². The summed E-state index contributed by atoms with van der Waals surface area (Å²) in [4.78, 5) is 2.63. The van der Waals surface area contributed by atoms with E-state index in [9.17, 15) is 0 Å². The third-order valence-electron chi connectivity index (χ3n) is 3.84. The van der Waals surface area contributed by atoms with Gasteiger partial charge in [-0.1, -0.05) is 0 Å². The molecule has 1 unspecified atom stereocenters. The fourth-order valence-corrected chi connectivity index (χ4v) is 2.68. The Morgan fingerprint density at radius 2 is 2.07 bits per heavy atom. The lowest BCUT2D eigenvalue weighted by Gasteiger charge is -2.36. The Labute approximate surface area is 93.0 Å². The van der Waals surface area contributed by atoms with Crippen molar-refractivity contribution in [2.24, 2.45) is 11.7 Å². The predicted octanol–water partition coefficient (Wildman–Crippen LogP) is 1.23. The number of hydrogen-bond donors (Lipinski definition) is 1. The average molecular weight is 212 g/mol. The summed E-state index contributed by atoms with van der Waals surface area (Å²) in [5.41, 5.74) is 5.56. The van der Waals surface area contributed by atoms with Crippen LogP contribution in [0, 0.1) is 5.92 Å². The molecule has 0 aromatic carbocycles. The molecule has 2 N–H and O–H groups in total. The Balaban J connectivity index is 1.71. The minimum Gasteiger partial charge on any atom is -0.378 e. The lowest BCUT2D eigenvalue weighted by atomic mass is 9.95. The van der Waals surface area contributed by atoms with E-state index in [1.54, 1.807) is 0 Å². The van der Waals surface area contributed by atoms with Crippen LogP contribution >= 0.6 is 0 Å². The Bertz CT molecular complexity index is 182. The van der Waals surface area contributed by atoms with Crippen molar-refractivity contribution >= 4 is 0 Å². The van der Waals surface area contributed by atoms with E-state index >= 15 is 0 Å². The topological polar surface area (TPSA) is 38.5 Å². The zero-order valence-electron chi connectivity index (χ0n) is 9.66. The van der Waals surface area contributed by atoms with E-state index in [0.717, 1.165) is 31.7 Å². The second-order valence-electron chi connectivity index (χ2n) is 4.96. The van der Waals surface area contributed by atoms with Gasteiger partial charge in [-0.15, -0.1) is 0 Å². The van der Waals surface area contributed by atoms with Gasteiger partial charge in [0.1, 0.15) is 0 Å². The maximum absolute atomic E-state index is 5.56. The lowest BCUT2D eigenvalue weighted by molar-refractivity contribution is -0.0639. The highest BCUT2D eigenvalue weighted by Gasteiger charge is 2.27. The summed E-state index contributed by atoms with van der Waals surface area (Å²) in [5, 5.41) is 0. The number of hydrogen-bond acceptors (Lipinski definition) is 3. The van der Waals surface area contributed by atoms with Crippen LogP contribution in [0.4, 0.5) is 0 Å². The smallest absolute Gasteiger partial charge is 0.0645 e. The molecule has 1 atom stereocenters. The molecule has 88 valence electrons. The van der Waals surface area contributed by atoms with E-state index < -0.39 is 0 Å². The van der Waals surface area contributed by atoms with Gasteiger partial charge in [0.25, 0.3) is 0 Å². The van der Waals surface area contributed by atoms with Gasteiger partial charge in [0.05, 0.1) is 19.3 Å². The van der Waals surface area contributed by atoms with Crippen LogP contribution < -0.4 is 5.73 Å². The molecule has 3 nitrogen and oxygen atoms in total. The highest BCUT2D eigenvalue weighted by Crippen LogP contribution is 2.24. The molecule has 2 aliphatic rings. The van der Waals surface area contributed by atoms with Crippen molar-refractivity contribution in [1.82, 2.24) is 4.90 Å². The summed E-state index contributed by atoms with van der Waals surface area (Å²) in [7, 11) is 0. The molecular formula is C12H24N2O. The minimum absolute atomic E-state index is 0.734. The Hall–Kier alpha value is -0.120. The van der Waals surface area contributed by atoms with Crippen molar-refractivity contribution in [2.45, 2.75) is 38.1 Å². The Kier molecular flexibility index (Phi) is 4.42. The maximum Gasteiger partial charge on any atom is 0.0645 e. The lowest BCUT2D eigenvalue weighted by Crippen LogP contribution is -2.49. The zero-order valence-corrected chi connectivity index (χ0v) is 9.66. The van der Waals surface area contributed by atoms with Gasteiger partial charge in [-0.25, -0.2) is 0 Å². The third-order valence-corrected chi connectivity index (χ3v) is 3.84. The van der Waals surface area contributed by atoms with E-state index in [4.69, 9.17) is 10.5 Å². The van der Waals surface area contributed by atoms with Crippen molar-refractivity contribution < 1.29 is 4.74 Å². The molecule has 2 fully saturated rings. The van der Waals surface area contributed by atoms with Gasteiger partial charge >= 0.3 is 0 Å². The first-order valence-electron chi connectivity index (χ1n) is 6.42. The van der Waals surface area contributed by atoms with Gasteiger partial charge in [0.15, 0.2) is 0 Å². The molecule has 2 heterocycles. The van der Waals surface area contributed by atoms with E-state index in [2.05, 4.69) is 4.90 Å². The zero-order chi connectivity index (χ0) is 10.5. The second kappa shape index (κ2) is 5.83. The van der Waals surface area contributed by atoms with Gasteiger partial charge in [0.2, 0.25) is 0 Å². The molecule has 2 saturated heterocycles. The van der Waals surface area contributed by atoms with Crippen LogP contribution in [0.3, 0.4) is 0 Å². The van der Waals surface area contributed by atoms with E-state index in [-0.39, 0.29) is 0 Å². The molecule has 0 radical (unpaired) electrons. The molecule has 0 aromatic heterocycles. The van der Waals surface area contributed by atoms with E-state index in [0.29, 0.717) is 0 Å². The van der Waals surface area contributed by atoms with Gasteiger partial charge in [-0.3, -0.25) is 4.90 Å². The molecule has 2 rings (SSSR count). The summed E-state index contributed by atoms with van der Waals surface area (Å²) >= 11 is 0. The average Bonchev–Trinajstić information content (AvgIpc) is 2.38. The minimum atomic E-state index is 0.734. The van der Waals surface area contributed by atoms with Crippen molar-refractivity contribution in [3.8, 4) is 0 Å². The molecule has 0 spiro atoms. The van der Waals surface area contributed by atoms with Crippen LogP contribution in [-0.2, 0) is 4.74 Å². The number of ether oxygens (including phenoxy) is 1. The van der Waals surface area contributed by atoms with Crippen molar-refractivity contribution in [3.05, 3.63) is 0 Å². The fourth-order valence-electron chi connectivity index (χ4n) is 2.68. The fraction of sp³-hybridized carbons (Fsp3) is 1.00. The van der Waals surface area contributed by atoms with Gasteiger partial charge in [-0.05, 0) is 57.7 Å².